The Labute approximate surface area is 258 Å². The fourth-order valence-corrected chi connectivity index (χ4v) is 8.23. The highest BCUT2D eigenvalue weighted by Gasteiger charge is 2.34. The molecule has 8 nitrogen and oxygen atoms in total. The Balaban J connectivity index is 1.49. The number of carbonyl (C=O) groups is 1. The second-order valence-electron chi connectivity index (χ2n) is 11.4. The summed E-state index contributed by atoms with van der Waals surface area (Å²) >= 11 is 8.47. The van der Waals surface area contributed by atoms with Crippen molar-refractivity contribution in [1.29, 1.82) is 0 Å². The lowest BCUT2D eigenvalue weighted by molar-refractivity contribution is -0.126. The van der Waals surface area contributed by atoms with E-state index in [0.717, 1.165) is 38.8 Å². The fourth-order valence-electron chi connectivity index (χ4n) is 6.54. The van der Waals surface area contributed by atoms with Gasteiger partial charge in [-0.05, 0) is 37.7 Å². The quantitative estimate of drug-likeness (QED) is 0.373. The number of likely N-dealkylation sites (N-methyl/N-ethyl adjacent to an activating group) is 1. The molecule has 0 radical (unpaired) electrons. The highest BCUT2D eigenvalue weighted by Crippen LogP contribution is 2.48. The molecule has 3 aromatic rings. The molecule has 2 atom stereocenters. The van der Waals surface area contributed by atoms with Crippen molar-refractivity contribution in [1.82, 2.24) is 24.3 Å². The molecule has 1 aromatic heterocycles. The van der Waals surface area contributed by atoms with Gasteiger partial charge in [-0.15, -0.1) is 11.8 Å². The average molecular weight is 629 g/mol. The van der Waals surface area contributed by atoms with Crippen LogP contribution in [0.1, 0.15) is 19.9 Å². The molecule has 1 amide bonds. The molecule has 2 aromatic carbocycles. The van der Waals surface area contributed by atoms with Crippen molar-refractivity contribution in [3.05, 3.63) is 64.1 Å². The second kappa shape index (κ2) is 12.2. The van der Waals surface area contributed by atoms with E-state index in [-0.39, 0.29) is 29.2 Å². The van der Waals surface area contributed by atoms with Crippen molar-refractivity contribution in [3.63, 3.8) is 0 Å². The van der Waals surface area contributed by atoms with E-state index in [1.54, 1.807) is 27.3 Å². The monoisotopic (exact) mass is 628 g/mol. The molecule has 3 aliphatic rings. The summed E-state index contributed by atoms with van der Waals surface area (Å²) < 4.78 is 30.8. The van der Waals surface area contributed by atoms with Gasteiger partial charge < -0.3 is 14.7 Å². The third-order valence-electron chi connectivity index (χ3n) is 8.85. The topological polar surface area (TPSA) is 64.9 Å². The molecule has 6 rings (SSSR count). The van der Waals surface area contributed by atoms with Gasteiger partial charge in [-0.25, -0.2) is 13.6 Å². The van der Waals surface area contributed by atoms with E-state index in [1.807, 2.05) is 11.8 Å². The molecule has 2 saturated heterocycles. The molecule has 0 saturated carbocycles. The number of aromatic nitrogens is 2. The smallest absolute Gasteiger partial charge is 0.350 e. The van der Waals surface area contributed by atoms with Gasteiger partial charge in [-0.3, -0.25) is 14.3 Å². The largest absolute Gasteiger partial charge is 0.350 e. The number of anilines is 1. The summed E-state index contributed by atoms with van der Waals surface area (Å²) in [6.07, 6.45) is 1.31. The molecule has 3 aliphatic heterocycles. The van der Waals surface area contributed by atoms with E-state index in [0.29, 0.717) is 64.1 Å². The minimum Gasteiger partial charge on any atom is -0.350 e. The molecule has 1 unspecified atom stereocenters. The van der Waals surface area contributed by atoms with E-state index in [2.05, 4.69) is 28.3 Å². The Kier molecular flexibility index (Phi) is 8.52. The molecule has 0 aliphatic carbocycles. The van der Waals surface area contributed by atoms with Crippen LogP contribution < -0.4 is 10.6 Å². The number of amides is 1. The molecule has 43 heavy (non-hydrogen) atoms. The second-order valence-corrected chi connectivity index (χ2v) is 12.8. The Bertz CT molecular complexity index is 1640. The lowest BCUT2D eigenvalue weighted by Gasteiger charge is -2.41. The van der Waals surface area contributed by atoms with Gasteiger partial charge in [0.2, 0.25) is 5.91 Å². The normalized spacial score (nSPS) is 21.4. The third kappa shape index (κ3) is 5.56. The van der Waals surface area contributed by atoms with Gasteiger partial charge in [0.25, 0.3) is 0 Å². The number of rotatable bonds is 6. The maximum atomic E-state index is 15.2. The van der Waals surface area contributed by atoms with Crippen molar-refractivity contribution in [3.8, 4) is 11.1 Å². The van der Waals surface area contributed by atoms with E-state index >= 15 is 4.39 Å². The molecule has 12 heteroatoms. The number of thioether (sulfide) groups is 1. The van der Waals surface area contributed by atoms with Crippen LogP contribution in [0.3, 0.4) is 0 Å². The first-order valence-electron chi connectivity index (χ1n) is 14.7. The standard InChI is InChI=1S/C31H35ClF2N6O2S/c1-4-26(41)38-12-13-39(19(3)16-38)30-23-15-24(32)27(22-7-6-20(33)14-25(22)34)29-28(23)40(31(42)35-30)21(18-43-29)17-37-10-8-36(5-2)9-11-37/h4,6-7,14-15,19,21H,1,5,8-13,16-18H2,2-3H3/t19-,21?/m0/s1. The Hall–Kier alpha value is -2.99. The molecule has 0 spiro atoms. The van der Waals surface area contributed by atoms with Gasteiger partial charge in [0, 0.05) is 91.6 Å². The molecule has 2 fully saturated rings. The van der Waals surface area contributed by atoms with E-state index < -0.39 is 11.6 Å². The van der Waals surface area contributed by atoms with Crippen molar-refractivity contribution in [2.24, 2.45) is 0 Å². The van der Waals surface area contributed by atoms with Crippen molar-refractivity contribution in [2.75, 3.05) is 69.6 Å². The number of benzene rings is 2. The van der Waals surface area contributed by atoms with Crippen LogP contribution in [0.15, 0.2) is 46.6 Å². The van der Waals surface area contributed by atoms with Gasteiger partial charge in [0.1, 0.15) is 17.5 Å². The first kappa shape index (κ1) is 30.1. The van der Waals surface area contributed by atoms with Gasteiger partial charge in [0.15, 0.2) is 0 Å². The summed E-state index contributed by atoms with van der Waals surface area (Å²) in [7, 11) is 0. The zero-order chi connectivity index (χ0) is 30.4. The van der Waals surface area contributed by atoms with E-state index in [4.69, 9.17) is 11.6 Å². The van der Waals surface area contributed by atoms with Gasteiger partial charge in [0.05, 0.1) is 16.6 Å². The molecule has 0 N–H and O–H groups in total. The van der Waals surface area contributed by atoms with Crippen LogP contribution in [-0.4, -0.2) is 101 Å². The Morgan fingerprint density at radius 2 is 1.88 bits per heavy atom. The fraction of sp³-hybridized carbons (Fsp3) is 0.452. The molecule has 0 bridgehead atoms. The number of carbonyl (C=O) groups excluding carboxylic acids is 1. The first-order chi connectivity index (χ1) is 20.7. The van der Waals surface area contributed by atoms with Gasteiger partial charge in [-0.1, -0.05) is 25.1 Å². The summed E-state index contributed by atoms with van der Waals surface area (Å²) in [5, 5.41) is 1.00. The minimum atomic E-state index is -0.714. The lowest BCUT2D eigenvalue weighted by atomic mass is 10.0. The van der Waals surface area contributed by atoms with Crippen molar-refractivity contribution < 1.29 is 13.6 Å². The summed E-state index contributed by atoms with van der Waals surface area (Å²) in [5.41, 5.74) is 0.938. The molecular formula is C31H35ClF2N6O2S. The zero-order valence-corrected chi connectivity index (χ0v) is 25.9. The van der Waals surface area contributed by atoms with Gasteiger partial charge >= 0.3 is 5.69 Å². The third-order valence-corrected chi connectivity index (χ3v) is 10.4. The van der Waals surface area contributed by atoms with Crippen LogP contribution in [0, 0.1) is 11.6 Å². The van der Waals surface area contributed by atoms with Crippen LogP contribution in [-0.2, 0) is 4.79 Å². The Morgan fingerprint density at radius 3 is 2.56 bits per heavy atom. The molecular weight excluding hydrogens is 594 g/mol. The summed E-state index contributed by atoms with van der Waals surface area (Å²) in [5.74, 6) is -0.430. The summed E-state index contributed by atoms with van der Waals surface area (Å²) in [6.45, 7) is 14.7. The highest BCUT2D eigenvalue weighted by atomic mass is 35.5. The van der Waals surface area contributed by atoms with Crippen molar-refractivity contribution in [2.45, 2.75) is 30.8 Å². The zero-order valence-electron chi connectivity index (χ0n) is 24.4. The van der Waals surface area contributed by atoms with Crippen LogP contribution in [0.25, 0.3) is 22.0 Å². The van der Waals surface area contributed by atoms with E-state index in [9.17, 15) is 14.0 Å². The lowest BCUT2D eigenvalue weighted by Crippen LogP contribution is -2.54. The highest BCUT2D eigenvalue weighted by molar-refractivity contribution is 7.99. The average Bonchev–Trinajstić information content (AvgIpc) is 3.00. The van der Waals surface area contributed by atoms with E-state index in [1.165, 1.54) is 18.2 Å². The predicted molar refractivity (Wildman–Crippen MR) is 168 cm³/mol. The Morgan fingerprint density at radius 1 is 1.14 bits per heavy atom. The molecule has 4 heterocycles. The van der Waals surface area contributed by atoms with Crippen LogP contribution in [0.4, 0.5) is 14.6 Å². The van der Waals surface area contributed by atoms with Gasteiger partial charge in [-0.2, -0.15) is 4.98 Å². The minimum absolute atomic E-state index is 0.124. The summed E-state index contributed by atoms with van der Waals surface area (Å²) in [6, 6.07) is 4.96. The molecule has 228 valence electrons. The first-order valence-corrected chi connectivity index (χ1v) is 16.1. The van der Waals surface area contributed by atoms with Crippen LogP contribution in [0.2, 0.25) is 5.02 Å². The number of piperazine rings is 2. The number of hydrogen-bond acceptors (Lipinski definition) is 7. The SMILES string of the molecule is C=CC(=O)N1CCN(c2nc(=O)n3c4c(c(-c5ccc(F)cc5F)c(Cl)cc24)SCC3CN2CCN(CC)CC2)[C@@H](C)C1. The summed E-state index contributed by atoms with van der Waals surface area (Å²) in [4.78, 5) is 40.2. The van der Waals surface area contributed by atoms with Crippen molar-refractivity contribution >= 4 is 46.0 Å². The maximum absolute atomic E-state index is 15.2. The number of halogens is 3. The number of nitrogens with zero attached hydrogens (tertiary/aromatic N) is 6. The number of hydrogen-bond donors (Lipinski definition) is 0. The predicted octanol–water partition coefficient (Wildman–Crippen LogP) is 4.50. The van der Waals surface area contributed by atoms with Crippen LogP contribution >= 0.6 is 23.4 Å². The van der Waals surface area contributed by atoms with Crippen LogP contribution in [0.5, 0.6) is 0 Å². The maximum Gasteiger partial charge on any atom is 0.350 e.